The molecule has 29 heavy (non-hydrogen) atoms. The summed E-state index contributed by atoms with van der Waals surface area (Å²) >= 11 is 9.31. The first kappa shape index (κ1) is 22.8. The second kappa shape index (κ2) is 10.4. The largest absolute Gasteiger partial charge is 0.491 e. The van der Waals surface area contributed by atoms with E-state index >= 15 is 0 Å². The van der Waals surface area contributed by atoms with Gasteiger partial charge in [0.1, 0.15) is 0 Å². The average Bonchev–Trinajstić information content (AvgIpc) is 2.67. The molecule has 2 aromatic rings. The van der Waals surface area contributed by atoms with Crippen molar-refractivity contribution in [1.29, 1.82) is 0 Å². The van der Waals surface area contributed by atoms with Gasteiger partial charge in [-0.25, -0.2) is 13.2 Å². The molecule has 0 spiro atoms. The quantitative estimate of drug-likeness (QED) is 0.483. The molecular formula is C18H16BrClF3N3O3. The molecule has 0 aromatic heterocycles. The Morgan fingerprint density at radius 1 is 1.07 bits per heavy atom. The highest BCUT2D eigenvalue weighted by Crippen LogP contribution is 2.36. The fourth-order valence-corrected chi connectivity index (χ4v) is 3.14. The van der Waals surface area contributed by atoms with Gasteiger partial charge in [0, 0.05) is 5.02 Å². The van der Waals surface area contributed by atoms with Crippen LogP contribution in [0.2, 0.25) is 5.02 Å². The lowest BCUT2D eigenvalue weighted by molar-refractivity contribution is -0.122. The molecule has 0 aliphatic rings. The molecule has 3 N–H and O–H groups in total. The van der Waals surface area contributed by atoms with Crippen LogP contribution in [0.25, 0.3) is 0 Å². The number of amides is 2. The summed E-state index contributed by atoms with van der Waals surface area (Å²) in [6.45, 7) is 1.48. The summed E-state index contributed by atoms with van der Waals surface area (Å²) in [7, 11) is 0. The van der Waals surface area contributed by atoms with E-state index in [-0.39, 0.29) is 6.54 Å². The molecule has 0 fully saturated rings. The van der Waals surface area contributed by atoms with Gasteiger partial charge in [0.2, 0.25) is 11.8 Å². The van der Waals surface area contributed by atoms with E-state index in [1.807, 2.05) is 5.32 Å². The van der Waals surface area contributed by atoms with Gasteiger partial charge < -0.3 is 20.7 Å². The van der Waals surface area contributed by atoms with Crippen molar-refractivity contribution >= 4 is 50.7 Å². The number of halogens is 5. The van der Waals surface area contributed by atoms with E-state index in [2.05, 4.69) is 26.6 Å². The number of hydrogen-bond donors (Lipinski definition) is 3. The molecule has 156 valence electrons. The minimum absolute atomic E-state index is 0.209. The molecule has 0 radical (unpaired) electrons. The average molecular weight is 495 g/mol. The summed E-state index contributed by atoms with van der Waals surface area (Å²) in [4.78, 5) is 23.8. The van der Waals surface area contributed by atoms with Crippen LogP contribution in [0, 0.1) is 17.5 Å². The van der Waals surface area contributed by atoms with E-state index in [1.54, 1.807) is 19.1 Å². The number of rotatable bonds is 8. The van der Waals surface area contributed by atoms with Crippen LogP contribution < -0.4 is 20.7 Å². The van der Waals surface area contributed by atoms with E-state index in [9.17, 15) is 22.8 Å². The van der Waals surface area contributed by atoms with Crippen LogP contribution in [0.5, 0.6) is 5.75 Å². The van der Waals surface area contributed by atoms with Crippen molar-refractivity contribution in [1.82, 2.24) is 5.32 Å². The Kier molecular flexibility index (Phi) is 8.15. The highest BCUT2D eigenvalue weighted by molar-refractivity contribution is 9.10. The zero-order valence-corrected chi connectivity index (χ0v) is 17.4. The third kappa shape index (κ3) is 6.26. The van der Waals surface area contributed by atoms with E-state index < -0.39 is 41.5 Å². The lowest BCUT2D eigenvalue weighted by atomic mass is 10.2. The summed E-state index contributed by atoms with van der Waals surface area (Å²) in [5.74, 6) is -5.50. The molecule has 2 aromatic carbocycles. The van der Waals surface area contributed by atoms with Gasteiger partial charge >= 0.3 is 0 Å². The van der Waals surface area contributed by atoms with E-state index in [0.717, 1.165) is 6.07 Å². The van der Waals surface area contributed by atoms with Gasteiger partial charge in [0.25, 0.3) is 0 Å². The number of carbonyl (C=O) groups is 2. The third-order valence-corrected chi connectivity index (χ3v) is 4.30. The van der Waals surface area contributed by atoms with Gasteiger partial charge in [-0.3, -0.25) is 9.59 Å². The van der Waals surface area contributed by atoms with E-state index in [0.29, 0.717) is 33.6 Å². The summed E-state index contributed by atoms with van der Waals surface area (Å²) in [5, 5.41) is 7.61. The van der Waals surface area contributed by atoms with Crippen molar-refractivity contribution in [3.05, 3.63) is 51.2 Å². The fourth-order valence-electron chi connectivity index (χ4n) is 2.22. The summed E-state index contributed by atoms with van der Waals surface area (Å²) in [6.07, 6.45) is 0. The monoisotopic (exact) mass is 493 g/mol. The maximum Gasteiger partial charge on any atom is 0.243 e. The first-order valence-electron chi connectivity index (χ1n) is 8.28. The first-order valence-corrected chi connectivity index (χ1v) is 9.45. The van der Waals surface area contributed by atoms with Crippen LogP contribution in [-0.2, 0) is 9.59 Å². The molecule has 6 nitrogen and oxygen atoms in total. The fraction of sp³-hybridized carbons (Fsp3) is 0.222. The van der Waals surface area contributed by atoms with Crippen molar-refractivity contribution in [2.24, 2.45) is 0 Å². The number of benzene rings is 2. The Bertz CT molecular complexity index is 931. The Hall–Kier alpha value is -2.46. The van der Waals surface area contributed by atoms with Crippen molar-refractivity contribution < 1.29 is 27.5 Å². The Balaban J connectivity index is 1.89. The Morgan fingerprint density at radius 3 is 2.48 bits per heavy atom. The molecule has 0 unspecified atom stereocenters. The Morgan fingerprint density at radius 2 is 1.79 bits per heavy atom. The molecule has 0 heterocycles. The topological polar surface area (TPSA) is 79.5 Å². The number of anilines is 2. The summed E-state index contributed by atoms with van der Waals surface area (Å²) in [6, 6.07) is 4.76. The summed E-state index contributed by atoms with van der Waals surface area (Å²) < 4.78 is 45.7. The van der Waals surface area contributed by atoms with E-state index in [4.69, 9.17) is 16.3 Å². The normalized spacial score (nSPS) is 10.4. The molecule has 2 rings (SSSR count). The minimum Gasteiger partial charge on any atom is -0.491 e. The molecule has 0 atom stereocenters. The number of nitrogens with one attached hydrogen (secondary N) is 3. The predicted molar refractivity (Wildman–Crippen MR) is 107 cm³/mol. The second-order valence-electron chi connectivity index (χ2n) is 5.60. The maximum atomic E-state index is 13.5. The Labute approximate surface area is 177 Å². The van der Waals surface area contributed by atoms with Gasteiger partial charge in [-0.2, -0.15) is 0 Å². The first-order chi connectivity index (χ1) is 13.7. The number of hydrogen-bond acceptors (Lipinski definition) is 4. The van der Waals surface area contributed by atoms with Crippen molar-refractivity contribution in [3.8, 4) is 5.75 Å². The maximum absolute atomic E-state index is 13.5. The van der Waals surface area contributed by atoms with Crippen LogP contribution in [0.1, 0.15) is 6.92 Å². The predicted octanol–water partition coefficient (Wildman–Crippen LogP) is 4.09. The molecular weight excluding hydrogens is 479 g/mol. The lowest BCUT2D eigenvalue weighted by Crippen LogP contribution is -2.36. The van der Waals surface area contributed by atoms with Crippen LogP contribution >= 0.6 is 27.5 Å². The van der Waals surface area contributed by atoms with Crippen molar-refractivity contribution in [2.45, 2.75) is 6.92 Å². The second-order valence-corrected chi connectivity index (χ2v) is 6.89. The molecule has 2 amide bonds. The molecule has 0 aliphatic carbocycles. The molecule has 0 bridgehead atoms. The van der Waals surface area contributed by atoms with Crippen molar-refractivity contribution in [2.75, 3.05) is 30.3 Å². The third-order valence-electron chi connectivity index (χ3n) is 3.49. The van der Waals surface area contributed by atoms with Gasteiger partial charge in [0.05, 0.1) is 35.5 Å². The lowest BCUT2D eigenvalue weighted by Gasteiger charge is -2.14. The van der Waals surface area contributed by atoms with Crippen LogP contribution in [0.4, 0.5) is 24.5 Å². The number of carbonyl (C=O) groups excluding carboxylic acids is 2. The smallest absolute Gasteiger partial charge is 0.243 e. The van der Waals surface area contributed by atoms with Gasteiger partial charge in [-0.1, -0.05) is 11.6 Å². The van der Waals surface area contributed by atoms with Gasteiger partial charge in [0.15, 0.2) is 23.2 Å². The van der Waals surface area contributed by atoms with Crippen LogP contribution in [0.3, 0.4) is 0 Å². The molecule has 0 saturated heterocycles. The summed E-state index contributed by atoms with van der Waals surface area (Å²) in [5.41, 5.74) is -0.0684. The molecule has 0 saturated carbocycles. The molecule has 0 aliphatic heterocycles. The number of ether oxygens (including phenoxy) is 1. The molecule has 11 heteroatoms. The standard InChI is InChI=1S/C18H16BrClF3N3O3/c1-2-29-18-10(19)5-9(20)6-13(18)24-7-14(27)25-8-15(28)26-12-4-3-11(21)16(22)17(12)23/h3-6,24H,2,7-8H2,1H3,(H,25,27)(H,26,28). The van der Waals surface area contributed by atoms with Crippen LogP contribution in [0.15, 0.2) is 28.7 Å². The minimum atomic E-state index is -1.70. The van der Waals surface area contributed by atoms with Gasteiger partial charge in [-0.15, -0.1) is 0 Å². The zero-order valence-electron chi connectivity index (χ0n) is 15.0. The van der Waals surface area contributed by atoms with E-state index in [1.165, 1.54) is 0 Å². The highest BCUT2D eigenvalue weighted by atomic mass is 79.9. The van der Waals surface area contributed by atoms with Gasteiger partial charge in [-0.05, 0) is 47.1 Å². The SMILES string of the molecule is CCOc1c(Br)cc(Cl)cc1NCC(=O)NCC(=O)Nc1ccc(F)c(F)c1F. The van der Waals surface area contributed by atoms with Crippen molar-refractivity contribution in [3.63, 3.8) is 0 Å². The highest BCUT2D eigenvalue weighted by Gasteiger charge is 2.16. The zero-order chi connectivity index (χ0) is 21.6. The van der Waals surface area contributed by atoms with Crippen LogP contribution in [-0.4, -0.2) is 31.5 Å².